The SMILES string of the molecule is CCNC(Cc1ccccc1F)c1ccc(COC)o1. The fraction of sp³-hybridized carbons (Fsp3) is 0.375. The van der Waals surface area contributed by atoms with Crippen LogP contribution in [0.4, 0.5) is 4.39 Å². The van der Waals surface area contributed by atoms with Gasteiger partial charge in [-0.15, -0.1) is 0 Å². The molecular weight excluding hydrogens is 257 g/mol. The highest BCUT2D eigenvalue weighted by Crippen LogP contribution is 2.22. The molecule has 0 saturated heterocycles. The van der Waals surface area contributed by atoms with Crippen LogP contribution in [-0.2, 0) is 17.8 Å². The lowest BCUT2D eigenvalue weighted by Crippen LogP contribution is -2.22. The molecule has 4 heteroatoms. The number of hydrogen-bond acceptors (Lipinski definition) is 3. The molecule has 0 radical (unpaired) electrons. The van der Waals surface area contributed by atoms with E-state index in [1.807, 2.05) is 25.1 Å². The van der Waals surface area contributed by atoms with Crippen LogP contribution in [0.5, 0.6) is 0 Å². The van der Waals surface area contributed by atoms with Crippen molar-refractivity contribution in [2.75, 3.05) is 13.7 Å². The fourth-order valence-corrected chi connectivity index (χ4v) is 2.21. The zero-order valence-electron chi connectivity index (χ0n) is 11.9. The highest BCUT2D eigenvalue weighted by Gasteiger charge is 2.17. The standard InChI is InChI=1S/C16H20FNO2/c1-3-18-15(10-12-6-4-5-7-14(12)17)16-9-8-13(20-16)11-19-2/h4-9,15,18H,3,10-11H2,1-2H3. The van der Waals surface area contributed by atoms with Crippen molar-refractivity contribution >= 4 is 0 Å². The molecule has 0 amide bonds. The molecule has 2 aromatic rings. The van der Waals surface area contributed by atoms with Gasteiger partial charge < -0.3 is 14.5 Å². The topological polar surface area (TPSA) is 34.4 Å². The zero-order valence-corrected chi connectivity index (χ0v) is 11.9. The van der Waals surface area contributed by atoms with Gasteiger partial charge in [0.25, 0.3) is 0 Å². The van der Waals surface area contributed by atoms with Gasteiger partial charge in [0.1, 0.15) is 23.9 Å². The second-order valence-electron chi connectivity index (χ2n) is 4.64. The van der Waals surface area contributed by atoms with Gasteiger partial charge in [0.05, 0.1) is 6.04 Å². The van der Waals surface area contributed by atoms with E-state index in [0.717, 1.165) is 18.1 Å². The van der Waals surface area contributed by atoms with Crippen molar-refractivity contribution < 1.29 is 13.5 Å². The van der Waals surface area contributed by atoms with Crippen LogP contribution >= 0.6 is 0 Å². The molecule has 0 spiro atoms. The van der Waals surface area contributed by atoms with E-state index >= 15 is 0 Å². The van der Waals surface area contributed by atoms with Crippen molar-refractivity contribution in [3.63, 3.8) is 0 Å². The summed E-state index contributed by atoms with van der Waals surface area (Å²) < 4.78 is 24.5. The number of hydrogen-bond donors (Lipinski definition) is 1. The number of likely N-dealkylation sites (N-methyl/N-ethyl adjacent to an activating group) is 1. The van der Waals surface area contributed by atoms with Crippen LogP contribution in [0.3, 0.4) is 0 Å². The maximum atomic E-state index is 13.8. The van der Waals surface area contributed by atoms with Gasteiger partial charge in [-0.2, -0.15) is 0 Å². The predicted octanol–water partition coefficient (Wildman–Crippen LogP) is 3.46. The second-order valence-corrected chi connectivity index (χ2v) is 4.64. The Morgan fingerprint density at radius 2 is 2.05 bits per heavy atom. The molecule has 2 rings (SSSR count). The Bertz CT molecular complexity index is 539. The number of furan rings is 1. The first-order valence-corrected chi connectivity index (χ1v) is 6.79. The van der Waals surface area contributed by atoms with E-state index in [9.17, 15) is 4.39 Å². The summed E-state index contributed by atoms with van der Waals surface area (Å²) in [5, 5.41) is 3.33. The van der Waals surface area contributed by atoms with Crippen molar-refractivity contribution in [1.29, 1.82) is 0 Å². The number of ether oxygens (including phenoxy) is 1. The molecule has 0 saturated carbocycles. The van der Waals surface area contributed by atoms with Gasteiger partial charge in [-0.1, -0.05) is 25.1 Å². The third kappa shape index (κ3) is 3.68. The Kier molecular flexibility index (Phi) is 5.32. The number of halogens is 1. The van der Waals surface area contributed by atoms with Crippen molar-refractivity contribution in [2.45, 2.75) is 26.0 Å². The molecule has 1 N–H and O–H groups in total. The van der Waals surface area contributed by atoms with Gasteiger partial charge in [-0.05, 0) is 36.7 Å². The molecule has 1 heterocycles. The van der Waals surface area contributed by atoms with Crippen molar-refractivity contribution in [3.8, 4) is 0 Å². The fourth-order valence-electron chi connectivity index (χ4n) is 2.21. The Morgan fingerprint density at radius 3 is 2.75 bits per heavy atom. The van der Waals surface area contributed by atoms with E-state index in [0.29, 0.717) is 18.6 Å². The highest BCUT2D eigenvalue weighted by atomic mass is 19.1. The zero-order chi connectivity index (χ0) is 14.4. The van der Waals surface area contributed by atoms with Gasteiger partial charge in [0, 0.05) is 7.11 Å². The van der Waals surface area contributed by atoms with E-state index in [1.165, 1.54) is 6.07 Å². The molecular formula is C16H20FNO2. The Labute approximate surface area is 118 Å². The lowest BCUT2D eigenvalue weighted by atomic mass is 10.0. The van der Waals surface area contributed by atoms with Crippen LogP contribution in [0.1, 0.15) is 30.0 Å². The summed E-state index contributed by atoms with van der Waals surface area (Å²) in [6.07, 6.45) is 0.556. The first kappa shape index (κ1) is 14.8. The van der Waals surface area contributed by atoms with Crippen molar-refractivity contribution in [2.24, 2.45) is 0 Å². The van der Waals surface area contributed by atoms with Gasteiger partial charge in [-0.3, -0.25) is 0 Å². The summed E-state index contributed by atoms with van der Waals surface area (Å²) in [6.45, 7) is 3.26. The minimum atomic E-state index is -0.181. The van der Waals surface area contributed by atoms with E-state index in [4.69, 9.17) is 9.15 Å². The van der Waals surface area contributed by atoms with Crippen LogP contribution in [0.2, 0.25) is 0 Å². The summed E-state index contributed by atoms with van der Waals surface area (Å²) in [4.78, 5) is 0. The molecule has 0 bridgehead atoms. The minimum absolute atomic E-state index is 0.0393. The predicted molar refractivity (Wildman–Crippen MR) is 75.9 cm³/mol. The van der Waals surface area contributed by atoms with Gasteiger partial charge >= 0.3 is 0 Å². The summed E-state index contributed by atoms with van der Waals surface area (Å²) in [5.74, 6) is 1.40. The number of rotatable bonds is 7. The molecule has 108 valence electrons. The molecule has 3 nitrogen and oxygen atoms in total. The Balaban J connectivity index is 2.15. The molecule has 0 fully saturated rings. The summed E-state index contributed by atoms with van der Waals surface area (Å²) >= 11 is 0. The van der Waals surface area contributed by atoms with E-state index in [2.05, 4.69) is 5.32 Å². The quantitative estimate of drug-likeness (QED) is 0.841. The second kappa shape index (κ2) is 7.22. The van der Waals surface area contributed by atoms with Crippen LogP contribution in [0.25, 0.3) is 0 Å². The maximum Gasteiger partial charge on any atom is 0.129 e. The Hall–Kier alpha value is -1.65. The van der Waals surface area contributed by atoms with E-state index in [1.54, 1.807) is 19.2 Å². The van der Waals surface area contributed by atoms with E-state index in [-0.39, 0.29) is 11.9 Å². The van der Waals surface area contributed by atoms with Gasteiger partial charge in [-0.25, -0.2) is 4.39 Å². The van der Waals surface area contributed by atoms with Gasteiger partial charge in [0.15, 0.2) is 0 Å². The number of nitrogens with one attached hydrogen (secondary N) is 1. The smallest absolute Gasteiger partial charge is 0.129 e. The normalized spacial score (nSPS) is 12.6. The number of methoxy groups -OCH3 is 1. The van der Waals surface area contributed by atoms with Gasteiger partial charge in [0.2, 0.25) is 0 Å². The third-order valence-electron chi connectivity index (χ3n) is 3.14. The molecule has 0 aliphatic heterocycles. The average Bonchev–Trinajstić information content (AvgIpc) is 2.90. The molecule has 1 aromatic carbocycles. The maximum absolute atomic E-state index is 13.8. The molecule has 20 heavy (non-hydrogen) atoms. The first-order valence-electron chi connectivity index (χ1n) is 6.79. The van der Waals surface area contributed by atoms with Crippen LogP contribution in [0, 0.1) is 5.82 Å². The summed E-state index contributed by atoms with van der Waals surface area (Å²) in [5.41, 5.74) is 0.683. The molecule has 0 aliphatic rings. The Morgan fingerprint density at radius 1 is 1.25 bits per heavy atom. The highest BCUT2D eigenvalue weighted by molar-refractivity contribution is 5.21. The van der Waals surface area contributed by atoms with E-state index < -0.39 is 0 Å². The van der Waals surface area contributed by atoms with Crippen LogP contribution < -0.4 is 5.32 Å². The van der Waals surface area contributed by atoms with Crippen LogP contribution in [-0.4, -0.2) is 13.7 Å². The lowest BCUT2D eigenvalue weighted by molar-refractivity contribution is 0.161. The molecule has 0 aliphatic carbocycles. The minimum Gasteiger partial charge on any atom is -0.462 e. The number of benzene rings is 1. The van der Waals surface area contributed by atoms with Crippen molar-refractivity contribution in [1.82, 2.24) is 5.32 Å². The molecule has 1 unspecified atom stereocenters. The summed E-state index contributed by atoms with van der Waals surface area (Å²) in [7, 11) is 1.63. The monoisotopic (exact) mass is 277 g/mol. The molecule has 1 aromatic heterocycles. The van der Waals surface area contributed by atoms with Crippen molar-refractivity contribution in [3.05, 3.63) is 59.3 Å². The third-order valence-corrected chi connectivity index (χ3v) is 3.14. The largest absolute Gasteiger partial charge is 0.462 e. The lowest BCUT2D eigenvalue weighted by Gasteiger charge is -2.16. The average molecular weight is 277 g/mol. The molecule has 1 atom stereocenters. The summed E-state index contributed by atoms with van der Waals surface area (Å²) in [6, 6.07) is 10.6. The first-order chi connectivity index (χ1) is 9.74. The van der Waals surface area contributed by atoms with Crippen LogP contribution in [0.15, 0.2) is 40.8 Å².